The highest BCUT2D eigenvalue weighted by atomic mass is 32.1. The molecule has 0 saturated heterocycles. The third-order valence-electron chi connectivity index (χ3n) is 3.80. The summed E-state index contributed by atoms with van der Waals surface area (Å²) in [5.74, 6) is 0.987. The van der Waals surface area contributed by atoms with Crippen LogP contribution in [0.2, 0.25) is 0 Å². The van der Waals surface area contributed by atoms with Gasteiger partial charge in [0.25, 0.3) is 5.91 Å². The minimum atomic E-state index is -0.280. The second kappa shape index (κ2) is 11.7. The fourth-order valence-corrected chi connectivity index (χ4v) is 2.30. The van der Waals surface area contributed by atoms with Crippen LogP contribution in [0.1, 0.15) is 45.1 Å². The smallest absolute Gasteiger partial charge is 0.276 e. The number of hydrogen-bond donors (Lipinski definition) is 3. The number of hydrazine groups is 1. The molecule has 0 aliphatic carbocycles. The summed E-state index contributed by atoms with van der Waals surface area (Å²) in [6, 6.07) is 7.55. The van der Waals surface area contributed by atoms with Crippen LogP contribution in [0.15, 0.2) is 24.3 Å². The Kier molecular flexibility index (Phi) is 9.84. The fraction of sp³-hybridized carbons (Fsp3) is 0.556. The highest BCUT2D eigenvalue weighted by Gasteiger charge is 2.07. The Labute approximate surface area is 150 Å². The van der Waals surface area contributed by atoms with E-state index in [1.807, 2.05) is 31.2 Å². The van der Waals surface area contributed by atoms with Gasteiger partial charge in [0.05, 0.1) is 0 Å². The summed E-state index contributed by atoms with van der Waals surface area (Å²) in [5, 5.41) is 3.57. The largest absolute Gasteiger partial charge is 0.484 e. The van der Waals surface area contributed by atoms with E-state index in [-0.39, 0.29) is 12.5 Å². The summed E-state index contributed by atoms with van der Waals surface area (Å²) in [4.78, 5) is 11.7. The van der Waals surface area contributed by atoms with Crippen LogP contribution in [0.3, 0.4) is 0 Å². The molecule has 1 atom stereocenters. The first-order valence-corrected chi connectivity index (χ1v) is 8.98. The van der Waals surface area contributed by atoms with Crippen LogP contribution < -0.4 is 20.9 Å². The van der Waals surface area contributed by atoms with Crippen molar-refractivity contribution in [3.05, 3.63) is 29.8 Å². The van der Waals surface area contributed by atoms with Crippen LogP contribution >= 0.6 is 12.2 Å². The first kappa shape index (κ1) is 20.2. The third-order valence-corrected chi connectivity index (χ3v) is 4.05. The molecule has 1 aromatic carbocycles. The van der Waals surface area contributed by atoms with Gasteiger partial charge >= 0.3 is 0 Å². The number of carbonyl (C=O) groups excluding carboxylic acids is 1. The van der Waals surface area contributed by atoms with E-state index in [0.717, 1.165) is 18.5 Å². The SMILES string of the molecule is CCCC[C@H](CC)CNC(=S)NNC(=O)COc1ccc(C)cc1. The molecule has 6 heteroatoms. The van der Waals surface area contributed by atoms with Gasteiger partial charge < -0.3 is 10.1 Å². The summed E-state index contributed by atoms with van der Waals surface area (Å²) in [7, 11) is 0. The monoisotopic (exact) mass is 351 g/mol. The molecule has 24 heavy (non-hydrogen) atoms. The lowest BCUT2D eigenvalue weighted by Gasteiger charge is -2.17. The van der Waals surface area contributed by atoms with Crippen molar-refractivity contribution >= 4 is 23.2 Å². The number of carbonyl (C=O) groups is 1. The van der Waals surface area contributed by atoms with Crippen molar-refractivity contribution in [2.75, 3.05) is 13.2 Å². The molecule has 0 unspecified atom stereocenters. The fourth-order valence-electron chi connectivity index (χ4n) is 2.17. The molecule has 3 N–H and O–H groups in total. The van der Waals surface area contributed by atoms with Gasteiger partial charge in [-0.05, 0) is 43.6 Å². The minimum absolute atomic E-state index is 0.0627. The van der Waals surface area contributed by atoms with E-state index in [1.165, 1.54) is 19.3 Å². The van der Waals surface area contributed by atoms with E-state index in [9.17, 15) is 4.79 Å². The van der Waals surface area contributed by atoms with E-state index < -0.39 is 0 Å². The van der Waals surface area contributed by atoms with Gasteiger partial charge in [0.1, 0.15) is 5.75 Å². The summed E-state index contributed by atoms with van der Waals surface area (Å²) in [6.45, 7) is 7.13. The third kappa shape index (κ3) is 8.72. The molecule has 134 valence electrons. The molecule has 0 bridgehead atoms. The quantitative estimate of drug-likeness (QED) is 0.471. The van der Waals surface area contributed by atoms with Crippen LogP contribution in [0, 0.1) is 12.8 Å². The van der Waals surface area contributed by atoms with E-state index >= 15 is 0 Å². The minimum Gasteiger partial charge on any atom is -0.484 e. The first-order chi connectivity index (χ1) is 11.5. The Morgan fingerprint density at radius 2 is 1.92 bits per heavy atom. The summed E-state index contributed by atoms with van der Waals surface area (Å²) < 4.78 is 5.40. The Balaban J connectivity index is 2.18. The Morgan fingerprint density at radius 1 is 1.21 bits per heavy atom. The lowest BCUT2D eigenvalue weighted by atomic mass is 9.99. The van der Waals surface area contributed by atoms with Crippen LogP contribution in [0.5, 0.6) is 5.75 Å². The molecule has 0 aliphatic rings. The standard InChI is InChI=1S/C18H29N3O2S/c1-4-6-7-15(5-2)12-19-18(24)21-20-17(22)13-23-16-10-8-14(3)9-11-16/h8-11,15H,4-7,12-13H2,1-3H3,(H,20,22)(H2,19,21,24)/t15-/m0/s1. The summed E-state index contributed by atoms with van der Waals surface area (Å²) in [5.41, 5.74) is 6.38. The summed E-state index contributed by atoms with van der Waals surface area (Å²) in [6.07, 6.45) is 4.75. The molecule has 1 amide bonds. The van der Waals surface area contributed by atoms with Gasteiger partial charge in [-0.1, -0.05) is 50.8 Å². The number of nitrogens with one attached hydrogen (secondary N) is 3. The number of hydrogen-bond acceptors (Lipinski definition) is 3. The van der Waals surface area contributed by atoms with Crippen molar-refractivity contribution in [3.63, 3.8) is 0 Å². The van der Waals surface area contributed by atoms with Crippen molar-refractivity contribution in [1.82, 2.24) is 16.2 Å². The molecule has 1 aromatic rings. The van der Waals surface area contributed by atoms with Crippen molar-refractivity contribution < 1.29 is 9.53 Å². The molecular formula is C18H29N3O2S. The molecule has 0 heterocycles. The number of thiocarbonyl (C=S) groups is 1. The van der Waals surface area contributed by atoms with Crippen LogP contribution in [0.25, 0.3) is 0 Å². The predicted molar refractivity (Wildman–Crippen MR) is 102 cm³/mol. The molecule has 0 spiro atoms. The molecule has 0 aromatic heterocycles. The molecule has 0 fully saturated rings. The molecular weight excluding hydrogens is 322 g/mol. The van der Waals surface area contributed by atoms with Gasteiger partial charge in [-0.25, -0.2) is 0 Å². The Bertz CT molecular complexity index is 505. The second-order valence-electron chi connectivity index (χ2n) is 5.90. The number of benzene rings is 1. The molecule has 1 rings (SSSR count). The summed E-state index contributed by atoms with van der Waals surface area (Å²) >= 11 is 5.17. The van der Waals surface area contributed by atoms with Crippen molar-refractivity contribution in [1.29, 1.82) is 0 Å². The van der Waals surface area contributed by atoms with Gasteiger partial charge in [-0.3, -0.25) is 15.6 Å². The average molecular weight is 352 g/mol. The number of unbranched alkanes of at least 4 members (excludes halogenated alkanes) is 1. The van der Waals surface area contributed by atoms with Crippen LogP contribution in [-0.2, 0) is 4.79 Å². The van der Waals surface area contributed by atoms with Gasteiger partial charge in [-0.15, -0.1) is 0 Å². The second-order valence-corrected chi connectivity index (χ2v) is 6.31. The van der Waals surface area contributed by atoms with Crippen molar-refractivity contribution in [2.45, 2.75) is 46.5 Å². The van der Waals surface area contributed by atoms with Gasteiger partial charge in [0.15, 0.2) is 11.7 Å². The molecule has 0 saturated carbocycles. The lowest BCUT2D eigenvalue weighted by molar-refractivity contribution is -0.123. The highest BCUT2D eigenvalue weighted by Crippen LogP contribution is 2.11. The maximum Gasteiger partial charge on any atom is 0.276 e. The van der Waals surface area contributed by atoms with Crippen molar-refractivity contribution in [2.24, 2.45) is 5.92 Å². The van der Waals surface area contributed by atoms with E-state index in [2.05, 4.69) is 30.0 Å². The Hall–Kier alpha value is -1.82. The van der Waals surface area contributed by atoms with E-state index in [1.54, 1.807) is 0 Å². The predicted octanol–water partition coefficient (Wildman–Crippen LogP) is 3.09. The van der Waals surface area contributed by atoms with Crippen molar-refractivity contribution in [3.8, 4) is 5.75 Å². The van der Waals surface area contributed by atoms with Gasteiger partial charge in [-0.2, -0.15) is 0 Å². The maximum absolute atomic E-state index is 11.7. The zero-order valence-corrected chi connectivity index (χ0v) is 15.7. The zero-order valence-electron chi connectivity index (χ0n) is 14.9. The van der Waals surface area contributed by atoms with E-state index in [0.29, 0.717) is 16.8 Å². The first-order valence-electron chi connectivity index (χ1n) is 8.57. The molecule has 0 aliphatic heterocycles. The normalized spacial score (nSPS) is 11.5. The maximum atomic E-state index is 11.7. The van der Waals surface area contributed by atoms with Crippen LogP contribution in [0.4, 0.5) is 0 Å². The average Bonchev–Trinajstić information content (AvgIpc) is 2.59. The van der Waals surface area contributed by atoms with Gasteiger partial charge in [0.2, 0.25) is 0 Å². The lowest BCUT2D eigenvalue weighted by Crippen LogP contribution is -2.49. The topological polar surface area (TPSA) is 62.4 Å². The number of aryl methyl sites for hydroxylation is 1. The number of amides is 1. The van der Waals surface area contributed by atoms with E-state index in [4.69, 9.17) is 17.0 Å². The zero-order chi connectivity index (χ0) is 17.8. The Morgan fingerprint density at radius 3 is 2.54 bits per heavy atom. The molecule has 0 radical (unpaired) electrons. The number of ether oxygens (including phenoxy) is 1. The highest BCUT2D eigenvalue weighted by molar-refractivity contribution is 7.80. The number of rotatable bonds is 9. The van der Waals surface area contributed by atoms with Crippen LogP contribution in [-0.4, -0.2) is 24.2 Å². The van der Waals surface area contributed by atoms with Gasteiger partial charge in [0, 0.05) is 6.54 Å². The molecule has 5 nitrogen and oxygen atoms in total.